The molecular formula is C26H18N2O4. The van der Waals surface area contributed by atoms with Crippen molar-refractivity contribution in [3.05, 3.63) is 102 Å². The third-order valence-corrected chi connectivity index (χ3v) is 5.49. The number of benzene rings is 4. The van der Waals surface area contributed by atoms with Gasteiger partial charge in [-0.05, 0) is 59.3 Å². The van der Waals surface area contributed by atoms with Gasteiger partial charge in [-0.25, -0.2) is 4.90 Å². The van der Waals surface area contributed by atoms with E-state index in [0.717, 1.165) is 15.7 Å². The Bertz CT molecular complexity index is 1360. The van der Waals surface area contributed by atoms with Crippen LogP contribution in [0.15, 0.2) is 84.9 Å². The summed E-state index contributed by atoms with van der Waals surface area (Å²) < 4.78 is 5.41. The largest absolute Gasteiger partial charge is 0.496 e. The van der Waals surface area contributed by atoms with Crippen molar-refractivity contribution in [2.45, 2.75) is 0 Å². The maximum absolute atomic E-state index is 12.9. The molecule has 0 radical (unpaired) electrons. The molecule has 5 rings (SSSR count). The number of ether oxygens (including phenoxy) is 1. The van der Waals surface area contributed by atoms with E-state index in [1.165, 1.54) is 7.11 Å². The average molecular weight is 422 g/mol. The first-order valence-corrected chi connectivity index (χ1v) is 10.0. The average Bonchev–Trinajstić information content (AvgIpc) is 3.09. The number of hydrogen-bond donors (Lipinski definition) is 1. The van der Waals surface area contributed by atoms with Crippen LogP contribution < -0.4 is 15.0 Å². The van der Waals surface area contributed by atoms with Crippen molar-refractivity contribution in [3.8, 4) is 5.75 Å². The van der Waals surface area contributed by atoms with Crippen LogP contribution in [-0.2, 0) is 0 Å². The number of imide groups is 1. The molecule has 3 amide bonds. The second kappa shape index (κ2) is 7.67. The molecule has 156 valence electrons. The van der Waals surface area contributed by atoms with Gasteiger partial charge in [0, 0.05) is 5.69 Å². The molecule has 32 heavy (non-hydrogen) atoms. The normalized spacial score (nSPS) is 12.7. The molecule has 1 aliphatic heterocycles. The summed E-state index contributed by atoms with van der Waals surface area (Å²) in [4.78, 5) is 39.4. The predicted octanol–water partition coefficient (Wildman–Crippen LogP) is 4.90. The van der Waals surface area contributed by atoms with E-state index in [1.807, 2.05) is 30.3 Å². The Morgan fingerprint density at radius 3 is 1.94 bits per heavy atom. The van der Waals surface area contributed by atoms with Crippen molar-refractivity contribution in [2.75, 3.05) is 17.3 Å². The van der Waals surface area contributed by atoms with Crippen LogP contribution in [0.5, 0.6) is 5.75 Å². The molecule has 0 saturated carbocycles. The second-order valence-electron chi connectivity index (χ2n) is 7.39. The SMILES string of the molecule is COc1cc2ccccc2cc1C(=O)Nc1ccc(N2C(=O)c3ccccc3C2=O)cc1. The molecule has 0 fully saturated rings. The number of methoxy groups -OCH3 is 1. The third kappa shape index (κ3) is 3.18. The second-order valence-corrected chi connectivity index (χ2v) is 7.39. The lowest BCUT2D eigenvalue weighted by Gasteiger charge is -2.15. The standard InChI is InChI=1S/C26H18N2O4/c1-32-23-15-17-7-3-2-6-16(17)14-22(23)24(29)27-18-10-12-19(13-11-18)28-25(30)20-8-4-5-9-21(20)26(28)31/h2-15H,1H3,(H,27,29). The van der Waals surface area contributed by atoms with Crippen LogP contribution in [0, 0.1) is 0 Å². The van der Waals surface area contributed by atoms with Gasteiger partial charge in [-0.15, -0.1) is 0 Å². The Hall–Kier alpha value is -4.45. The molecule has 0 atom stereocenters. The first-order chi connectivity index (χ1) is 15.6. The minimum atomic E-state index is -0.358. The fourth-order valence-electron chi connectivity index (χ4n) is 3.88. The summed E-state index contributed by atoms with van der Waals surface area (Å²) in [6, 6.07) is 24.7. The predicted molar refractivity (Wildman–Crippen MR) is 122 cm³/mol. The molecule has 0 unspecified atom stereocenters. The highest BCUT2D eigenvalue weighted by atomic mass is 16.5. The number of fused-ring (bicyclic) bond motifs is 2. The van der Waals surface area contributed by atoms with E-state index < -0.39 is 0 Å². The van der Waals surface area contributed by atoms with Crippen LogP contribution in [0.4, 0.5) is 11.4 Å². The van der Waals surface area contributed by atoms with Gasteiger partial charge < -0.3 is 10.1 Å². The van der Waals surface area contributed by atoms with Crippen molar-refractivity contribution in [2.24, 2.45) is 0 Å². The molecule has 0 aromatic heterocycles. The number of anilines is 2. The number of hydrogen-bond acceptors (Lipinski definition) is 4. The van der Waals surface area contributed by atoms with E-state index in [0.29, 0.717) is 33.8 Å². The topological polar surface area (TPSA) is 75.7 Å². The summed E-state index contributed by atoms with van der Waals surface area (Å²) in [5.41, 5.74) is 2.16. The Morgan fingerprint density at radius 1 is 0.781 bits per heavy atom. The zero-order valence-corrected chi connectivity index (χ0v) is 17.2. The fraction of sp³-hybridized carbons (Fsp3) is 0.0385. The van der Waals surface area contributed by atoms with Crippen LogP contribution in [0.25, 0.3) is 10.8 Å². The van der Waals surface area contributed by atoms with Crippen LogP contribution >= 0.6 is 0 Å². The molecular weight excluding hydrogens is 404 g/mol. The fourth-order valence-corrected chi connectivity index (χ4v) is 3.88. The zero-order valence-electron chi connectivity index (χ0n) is 17.2. The van der Waals surface area contributed by atoms with E-state index >= 15 is 0 Å². The lowest BCUT2D eigenvalue weighted by molar-refractivity contribution is 0.0924. The minimum absolute atomic E-state index is 0.318. The van der Waals surface area contributed by atoms with Crippen LogP contribution in [0.1, 0.15) is 31.1 Å². The molecule has 4 aromatic carbocycles. The molecule has 4 aromatic rings. The number of nitrogens with one attached hydrogen (secondary N) is 1. The molecule has 6 heteroatoms. The molecule has 6 nitrogen and oxygen atoms in total. The molecule has 1 heterocycles. The van der Waals surface area contributed by atoms with E-state index in [-0.39, 0.29) is 17.7 Å². The van der Waals surface area contributed by atoms with Gasteiger partial charge in [-0.2, -0.15) is 0 Å². The summed E-state index contributed by atoms with van der Waals surface area (Å²) >= 11 is 0. The lowest BCUT2D eigenvalue weighted by atomic mass is 10.1. The van der Waals surface area contributed by atoms with Gasteiger partial charge in [0.15, 0.2) is 0 Å². The minimum Gasteiger partial charge on any atom is -0.496 e. The smallest absolute Gasteiger partial charge is 0.266 e. The van der Waals surface area contributed by atoms with Crippen molar-refractivity contribution >= 4 is 39.9 Å². The van der Waals surface area contributed by atoms with Gasteiger partial charge in [-0.1, -0.05) is 36.4 Å². The molecule has 1 aliphatic rings. The highest BCUT2D eigenvalue weighted by Crippen LogP contribution is 2.30. The van der Waals surface area contributed by atoms with Crippen molar-refractivity contribution in [3.63, 3.8) is 0 Å². The number of carbonyl (C=O) groups is 3. The Balaban J connectivity index is 1.39. The lowest BCUT2D eigenvalue weighted by Crippen LogP contribution is -2.29. The van der Waals surface area contributed by atoms with Gasteiger partial charge in [-0.3, -0.25) is 14.4 Å². The third-order valence-electron chi connectivity index (χ3n) is 5.49. The number of rotatable bonds is 4. The van der Waals surface area contributed by atoms with Crippen molar-refractivity contribution in [1.29, 1.82) is 0 Å². The quantitative estimate of drug-likeness (QED) is 0.475. The van der Waals surface area contributed by atoms with Gasteiger partial charge in [0.1, 0.15) is 5.75 Å². The maximum Gasteiger partial charge on any atom is 0.266 e. The van der Waals surface area contributed by atoms with Gasteiger partial charge in [0.2, 0.25) is 0 Å². The van der Waals surface area contributed by atoms with E-state index in [1.54, 1.807) is 54.6 Å². The summed E-state index contributed by atoms with van der Waals surface area (Å²) in [5.74, 6) is -0.559. The van der Waals surface area contributed by atoms with Gasteiger partial charge in [0.25, 0.3) is 17.7 Å². The summed E-state index contributed by atoms with van der Waals surface area (Å²) in [6.45, 7) is 0. The van der Waals surface area contributed by atoms with Crippen LogP contribution in [0.2, 0.25) is 0 Å². The Kier molecular flexibility index (Phi) is 4.67. The van der Waals surface area contributed by atoms with Gasteiger partial charge >= 0.3 is 0 Å². The first-order valence-electron chi connectivity index (χ1n) is 10.0. The highest BCUT2D eigenvalue weighted by Gasteiger charge is 2.36. The number of nitrogens with zero attached hydrogens (tertiary/aromatic N) is 1. The summed E-state index contributed by atoms with van der Waals surface area (Å²) in [5, 5.41) is 4.76. The van der Waals surface area contributed by atoms with Crippen LogP contribution in [-0.4, -0.2) is 24.8 Å². The summed E-state index contributed by atoms with van der Waals surface area (Å²) in [7, 11) is 1.53. The Morgan fingerprint density at radius 2 is 1.34 bits per heavy atom. The summed E-state index contributed by atoms with van der Waals surface area (Å²) in [6.07, 6.45) is 0. The number of carbonyl (C=O) groups excluding carboxylic acids is 3. The molecule has 1 N–H and O–H groups in total. The van der Waals surface area contributed by atoms with E-state index in [9.17, 15) is 14.4 Å². The van der Waals surface area contributed by atoms with Gasteiger partial charge in [0.05, 0.1) is 29.5 Å². The highest BCUT2D eigenvalue weighted by molar-refractivity contribution is 6.34. The molecule has 0 spiro atoms. The van der Waals surface area contributed by atoms with E-state index in [2.05, 4.69) is 5.32 Å². The van der Waals surface area contributed by atoms with Crippen molar-refractivity contribution < 1.29 is 19.1 Å². The number of amides is 3. The molecule has 0 saturated heterocycles. The molecule has 0 aliphatic carbocycles. The first kappa shape index (κ1) is 19.5. The van der Waals surface area contributed by atoms with Crippen LogP contribution in [0.3, 0.4) is 0 Å². The zero-order chi connectivity index (χ0) is 22.2. The van der Waals surface area contributed by atoms with E-state index in [4.69, 9.17) is 4.74 Å². The van der Waals surface area contributed by atoms with Crippen molar-refractivity contribution in [1.82, 2.24) is 0 Å². The Labute approximate surface area is 184 Å². The molecule has 0 bridgehead atoms. The maximum atomic E-state index is 12.9. The monoisotopic (exact) mass is 422 g/mol.